The first-order valence-corrected chi connectivity index (χ1v) is 9.64. The van der Waals surface area contributed by atoms with Crippen molar-refractivity contribution in [3.05, 3.63) is 53.3 Å². The van der Waals surface area contributed by atoms with Gasteiger partial charge in [0.05, 0.1) is 5.69 Å². The second kappa shape index (κ2) is 8.26. The standard InChI is InChI=1S/C20H19ClFN5O2/c21-14-7-13(8-15(22)9-14)20-18(16-1-4-23-11-24-16)19(25-26-20)12-2-5-27(6-3-12)17(29)10-28/h1,4,7-9,11-12,28H,2-3,5-6,10H2,(H,25,26). The largest absolute Gasteiger partial charge is 0.387 e. The second-order valence-electron chi connectivity index (χ2n) is 6.93. The molecular weight excluding hydrogens is 397 g/mol. The van der Waals surface area contributed by atoms with Crippen molar-refractivity contribution in [3.63, 3.8) is 0 Å². The Morgan fingerprint density at radius 3 is 2.76 bits per heavy atom. The normalized spacial score (nSPS) is 14.9. The zero-order chi connectivity index (χ0) is 20.4. The Morgan fingerprint density at radius 1 is 1.31 bits per heavy atom. The number of hydrogen-bond acceptors (Lipinski definition) is 5. The van der Waals surface area contributed by atoms with E-state index in [1.165, 1.54) is 18.5 Å². The molecule has 0 saturated carbocycles. The Bertz CT molecular complexity index is 999. The van der Waals surface area contributed by atoms with E-state index in [4.69, 9.17) is 16.7 Å². The Hall–Kier alpha value is -2.84. The highest BCUT2D eigenvalue weighted by molar-refractivity contribution is 6.30. The Balaban J connectivity index is 1.74. The molecule has 0 spiro atoms. The van der Waals surface area contributed by atoms with Crippen LogP contribution < -0.4 is 0 Å². The van der Waals surface area contributed by atoms with Crippen molar-refractivity contribution in [3.8, 4) is 22.5 Å². The van der Waals surface area contributed by atoms with Crippen molar-refractivity contribution in [2.45, 2.75) is 18.8 Å². The lowest BCUT2D eigenvalue weighted by Crippen LogP contribution is -2.39. The molecule has 4 rings (SSSR count). The summed E-state index contributed by atoms with van der Waals surface area (Å²) in [7, 11) is 0. The number of nitrogens with zero attached hydrogens (tertiary/aromatic N) is 4. The summed E-state index contributed by atoms with van der Waals surface area (Å²) in [6.45, 7) is 0.617. The van der Waals surface area contributed by atoms with E-state index < -0.39 is 12.4 Å². The lowest BCUT2D eigenvalue weighted by Gasteiger charge is -2.31. The first-order valence-electron chi connectivity index (χ1n) is 9.26. The number of aliphatic hydroxyl groups is 1. The van der Waals surface area contributed by atoms with Gasteiger partial charge in [0.25, 0.3) is 0 Å². The van der Waals surface area contributed by atoms with Gasteiger partial charge >= 0.3 is 0 Å². The molecule has 1 fully saturated rings. The van der Waals surface area contributed by atoms with Crippen molar-refractivity contribution in [2.75, 3.05) is 19.7 Å². The highest BCUT2D eigenvalue weighted by Gasteiger charge is 2.29. The van der Waals surface area contributed by atoms with Crippen LogP contribution in [0.4, 0.5) is 4.39 Å². The summed E-state index contributed by atoms with van der Waals surface area (Å²) in [5.74, 6) is -0.589. The predicted molar refractivity (Wildman–Crippen MR) is 106 cm³/mol. The van der Waals surface area contributed by atoms with Gasteiger partial charge in [0, 0.05) is 47.0 Å². The number of nitrogens with one attached hydrogen (secondary N) is 1. The number of H-pyrrole nitrogens is 1. The molecule has 0 aliphatic carbocycles. The van der Waals surface area contributed by atoms with Gasteiger partial charge in [-0.25, -0.2) is 14.4 Å². The van der Waals surface area contributed by atoms with E-state index >= 15 is 0 Å². The third-order valence-corrected chi connectivity index (χ3v) is 5.38. The number of halogens is 2. The van der Waals surface area contributed by atoms with Crippen molar-refractivity contribution >= 4 is 17.5 Å². The van der Waals surface area contributed by atoms with E-state index in [0.29, 0.717) is 30.0 Å². The predicted octanol–water partition coefficient (Wildman–Crippen LogP) is 3.02. The lowest BCUT2D eigenvalue weighted by atomic mass is 9.89. The van der Waals surface area contributed by atoms with Crippen LogP contribution in [-0.4, -0.2) is 55.8 Å². The summed E-state index contributed by atoms with van der Waals surface area (Å²) in [6, 6.07) is 6.08. The molecule has 9 heteroatoms. The number of aliphatic hydroxyl groups excluding tert-OH is 1. The lowest BCUT2D eigenvalue weighted by molar-refractivity contribution is -0.135. The molecule has 2 N–H and O–H groups in total. The minimum absolute atomic E-state index is 0.119. The third-order valence-electron chi connectivity index (χ3n) is 5.16. The molecule has 0 unspecified atom stereocenters. The summed E-state index contributed by atoms with van der Waals surface area (Å²) >= 11 is 6.05. The van der Waals surface area contributed by atoms with Gasteiger partial charge in [0.1, 0.15) is 24.4 Å². The monoisotopic (exact) mass is 415 g/mol. The second-order valence-corrected chi connectivity index (χ2v) is 7.36. The fourth-order valence-electron chi connectivity index (χ4n) is 3.77. The highest BCUT2D eigenvalue weighted by atomic mass is 35.5. The average Bonchev–Trinajstić information content (AvgIpc) is 3.18. The molecular formula is C20H19ClFN5O2. The van der Waals surface area contributed by atoms with Gasteiger partial charge < -0.3 is 10.0 Å². The number of aromatic nitrogens is 4. The van der Waals surface area contributed by atoms with Crippen LogP contribution in [0.25, 0.3) is 22.5 Å². The summed E-state index contributed by atoms with van der Waals surface area (Å²) in [6.07, 6.45) is 4.53. The third kappa shape index (κ3) is 3.99. The van der Waals surface area contributed by atoms with Gasteiger partial charge in [-0.05, 0) is 37.1 Å². The molecule has 1 saturated heterocycles. The number of likely N-dealkylation sites (tertiary alicyclic amines) is 1. The van der Waals surface area contributed by atoms with Crippen LogP contribution in [0.15, 0.2) is 36.8 Å². The van der Waals surface area contributed by atoms with Gasteiger partial charge in [-0.15, -0.1) is 0 Å². The maximum atomic E-state index is 14.0. The van der Waals surface area contributed by atoms with Crippen LogP contribution in [0.2, 0.25) is 5.02 Å². The zero-order valence-electron chi connectivity index (χ0n) is 15.5. The molecule has 3 aromatic rings. The first-order chi connectivity index (χ1) is 14.1. The molecule has 29 heavy (non-hydrogen) atoms. The molecule has 3 heterocycles. The molecule has 1 aliphatic rings. The van der Waals surface area contributed by atoms with Gasteiger partial charge in [-0.3, -0.25) is 9.89 Å². The number of hydrogen-bond donors (Lipinski definition) is 2. The van der Waals surface area contributed by atoms with E-state index in [0.717, 1.165) is 24.1 Å². The SMILES string of the molecule is O=C(CO)N1CCC(c2[nH]nc(-c3cc(F)cc(Cl)c3)c2-c2ccncn2)CC1. The van der Waals surface area contributed by atoms with Crippen molar-refractivity contribution < 1.29 is 14.3 Å². The molecule has 7 nitrogen and oxygen atoms in total. The van der Waals surface area contributed by atoms with Crippen LogP contribution in [0.3, 0.4) is 0 Å². The number of benzene rings is 1. The Labute approximate surface area is 171 Å². The molecule has 150 valence electrons. The molecule has 1 aliphatic heterocycles. The van der Waals surface area contributed by atoms with Gasteiger partial charge in [0.2, 0.25) is 5.91 Å². The quantitative estimate of drug-likeness (QED) is 0.683. The number of carbonyl (C=O) groups excluding carboxylic acids is 1. The van der Waals surface area contributed by atoms with E-state index in [2.05, 4.69) is 20.2 Å². The van der Waals surface area contributed by atoms with Crippen molar-refractivity contribution in [1.29, 1.82) is 0 Å². The molecule has 1 aromatic carbocycles. The fourth-order valence-corrected chi connectivity index (χ4v) is 3.99. The van der Waals surface area contributed by atoms with Crippen LogP contribution in [-0.2, 0) is 4.79 Å². The maximum absolute atomic E-state index is 14.0. The first kappa shape index (κ1) is 19.5. The summed E-state index contributed by atoms with van der Waals surface area (Å²) in [5.41, 5.74) is 3.46. The minimum atomic E-state index is -0.481. The summed E-state index contributed by atoms with van der Waals surface area (Å²) in [5, 5.41) is 16.9. The van der Waals surface area contributed by atoms with E-state index in [1.54, 1.807) is 23.2 Å². The molecule has 2 aromatic heterocycles. The van der Waals surface area contributed by atoms with E-state index in [9.17, 15) is 9.18 Å². The Kier molecular flexibility index (Phi) is 5.55. The van der Waals surface area contributed by atoms with Gasteiger partial charge in [0.15, 0.2) is 0 Å². The maximum Gasteiger partial charge on any atom is 0.248 e. The smallest absolute Gasteiger partial charge is 0.248 e. The Morgan fingerprint density at radius 2 is 2.10 bits per heavy atom. The van der Waals surface area contributed by atoms with Gasteiger partial charge in [-0.1, -0.05) is 11.6 Å². The zero-order valence-corrected chi connectivity index (χ0v) is 16.2. The van der Waals surface area contributed by atoms with Crippen LogP contribution in [0, 0.1) is 5.82 Å². The number of amides is 1. The van der Waals surface area contributed by atoms with Crippen molar-refractivity contribution in [1.82, 2.24) is 25.1 Å². The number of carbonyl (C=O) groups is 1. The van der Waals surface area contributed by atoms with Gasteiger partial charge in [-0.2, -0.15) is 5.10 Å². The van der Waals surface area contributed by atoms with Crippen LogP contribution in [0.5, 0.6) is 0 Å². The number of aromatic amines is 1. The fraction of sp³-hybridized carbons (Fsp3) is 0.300. The minimum Gasteiger partial charge on any atom is -0.387 e. The molecule has 1 amide bonds. The number of rotatable bonds is 4. The molecule has 0 atom stereocenters. The van der Waals surface area contributed by atoms with E-state index in [-0.39, 0.29) is 16.8 Å². The average molecular weight is 416 g/mol. The molecule has 0 bridgehead atoms. The summed E-state index contributed by atoms with van der Waals surface area (Å²) in [4.78, 5) is 21.7. The highest BCUT2D eigenvalue weighted by Crippen LogP contribution is 2.39. The topological polar surface area (TPSA) is 95.0 Å². The van der Waals surface area contributed by atoms with Crippen molar-refractivity contribution in [2.24, 2.45) is 0 Å². The van der Waals surface area contributed by atoms with E-state index in [1.807, 2.05) is 0 Å². The molecule has 0 radical (unpaired) electrons. The van der Waals surface area contributed by atoms with Crippen LogP contribution in [0.1, 0.15) is 24.5 Å². The van der Waals surface area contributed by atoms with Crippen LogP contribution >= 0.6 is 11.6 Å². The summed E-state index contributed by atoms with van der Waals surface area (Å²) < 4.78 is 14.0. The number of piperidine rings is 1.